The maximum atomic E-state index is 5.01. The topological polar surface area (TPSA) is 85.7 Å². The number of rotatable bonds is 4. The molecule has 0 aliphatic rings. The normalized spacial score (nSPS) is 9.59. The van der Waals surface area contributed by atoms with Crippen LogP contribution in [0.15, 0.2) is 37.1 Å². The van der Waals surface area contributed by atoms with E-state index in [9.17, 15) is 0 Å². The molecule has 0 saturated heterocycles. The Bertz CT molecular complexity index is 703. The Kier molecular flexibility index (Phi) is 5.73. The summed E-state index contributed by atoms with van der Waals surface area (Å²) in [6.45, 7) is 4.00. The number of nitrogens with one attached hydrogen (secondary N) is 1. The summed E-state index contributed by atoms with van der Waals surface area (Å²) in [5, 5.41) is 3.80. The fourth-order valence-electron chi connectivity index (χ4n) is 1.50. The summed E-state index contributed by atoms with van der Waals surface area (Å²) >= 11 is 1.46. The molecule has 0 radical (unpaired) electrons. The molecule has 0 aliphatic carbocycles. The lowest BCUT2D eigenvalue weighted by atomic mass is 10.4. The fraction of sp³-hybridized carbons (Fsp3) is 0.214. The molecular formula is C14H16N6OS. The summed E-state index contributed by atoms with van der Waals surface area (Å²) in [4.78, 5) is 21.5. The summed E-state index contributed by atoms with van der Waals surface area (Å²) in [5.74, 6) is 0.647. The number of hydrogen-bond donors (Lipinski definition) is 1. The van der Waals surface area contributed by atoms with Crippen molar-refractivity contribution < 1.29 is 4.74 Å². The number of anilines is 2. The average molecular weight is 316 g/mol. The van der Waals surface area contributed by atoms with E-state index >= 15 is 0 Å². The first-order valence-electron chi connectivity index (χ1n) is 6.71. The number of ether oxygens (including phenoxy) is 1. The quantitative estimate of drug-likeness (QED) is 0.791. The van der Waals surface area contributed by atoms with Crippen LogP contribution in [0.5, 0.6) is 6.01 Å². The third kappa shape index (κ3) is 3.95. The van der Waals surface area contributed by atoms with Crippen molar-refractivity contribution in [2.45, 2.75) is 13.8 Å². The van der Waals surface area contributed by atoms with Crippen LogP contribution in [-0.2, 0) is 0 Å². The van der Waals surface area contributed by atoms with Crippen LogP contribution >= 0.6 is 11.3 Å². The van der Waals surface area contributed by atoms with Crippen LogP contribution in [0.25, 0.3) is 10.6 Å². The molecule has 0 saturated carbocycles. The van der Waals surface area contributed by atoms with E-state index in [1.807, 2.05) is 19.9 Å². The lowest BCUT2D eigenvalue weighted by Crippen LogP contribution is -1.92. The van der Waals surface area contributed by atoms with Gasteiger partial charge in [-0.2, -0.15) is 4.98 Å². The first-order valence-corrected chi connectivity index (χ1v) is 7.53. The molecule has 0 atom stereocenters. The van der Waals surface area contributed by atoms with Crippen LogP contribution in [-0.4, -0.2) is 32.0 Å². The van der Waals surface area contributed by atoms with Gasteiger partial charge in [0.05, 0.1) is 23.9 Å². The van der Waals surface area contributed by atoms with Gasteiger partial charge in [-0.1, -0.05) is 25.2 Å². The highest BCUT2D eigenvalue weighted by molar-refractivity contribution is 7.18. The summed E-state index contributed by atoms with van der Waals surface area (Å²) in [5.41, 5.74) is 0.765. The molecule has 0 spiro atoms. The summed E-state index contributed by atoms with van der Waals surface area (Å²) < 4.78 is 5.01. The zero-order chi connectivity index (χ0) is 15.8. The van der Waals surface area contributed by atoms with Gasteiger partial charge in [0, 0.05) is 24.8 Å². The number of nitrogens with zero attached hydrogens (tertiary/aromatic N) is 5. The molecule has 114 valence electrons. The molecule has 22 heavy (non-hydrogen) atoms. The van der Waals surface area contributed by atoms with Crippen molar-refractivity contribution in [1.29, 1.82) is 0 Å². The predicted octanol–water partition coefficient (Wildman–Crippen LogP) is 3.17. The van der Waals surface area contributed by atoms with E-state index in [1.54, 1.807) is 31.0 Å². The van der Waals surface area contributed by atoms with Gasteiger partial charge < -0.3 is 10.1 Å². The Balaban J connectivity index is 0.000000847. The van der Waals surface area contributed by atoms with Gasteiger partial charge in [0.1, 0.15) is 0 Å². The minimum absolute atomic E-state index is 0.333. The third-order valence-corrected chi connectivity index (χ3v) is 3.31. The average Bonchev–Trinajstić information content (AvgIpc) is 3.06. The van der Waals surface area contributed by atoms with Crippen molar-refractivity contribution in [2.75, 3.05) is 12.4 Å². The third-order valence-electron chi connectivity index (χ3n) is 2.37. The summed E-state index contributed by atoms with van der Waals surface area (Å²) in [6, 6.07) is 2.14. The second-order valence-electron chi connectivity index (χ2n) is 3.67. The van der Waals surface area contributed by atoms with Crippen molar-refractivity contribution in [3.05, 3.63) is 37.1 Å². The smallest absolute Gasteiger partial charge is 0.316 e. The van der Waals surface area contributed by atoms with Gasteiger partial charge in [0.25, 0.3) is 0 Å². The molecule has 8 heteroatoms. The van der Waals surface area contributed by atoms with E-state index in [1.165, 1.54) is 18.4 Å². The van der Waals surface area contributed by atoms with E-state index in [0.717, 1.165) is 15.7 Å². The van der Waals surface area contributed by atoms with Gasteiger partial charge >= 0.3 is 6.01 Å². The maximum absolute atomic E-state index is 5.01. The van der Waals surface area contributed by atoms with Crippen LogP contribution in [0.3, 0.4) is 0 Å². The highest BCUT2D eigenvalue weighted by Crippen LogP contribution is 2.29. The Labute approximate surface area is 132 Å². The molecule has 0 fully saturated rings. The Morgan fingerprint density at radius 3 is 2.64 bits per heavy atom. The summed E-state index contributed by atoms with van der Waals surface area (Å²) in [7, 11) is 1.53. The zero-order valence-corrected chi connectivity index (χ0v) is 13.3. The van der Waals surface area contributed by atoms with Crippen molar-refractivity contribution in [3.63, 3.8) is 0 Å². The van der Waals surface area contributed by atoms with Gasteiger partial charge in [-0.05, 0) is 6.07 Å². The molecule has 0 unspecified atom stereocenters. The molecule has 1 N–H and O–H groups in total. The number of thiazole rings is 1. The van der Waals surface area contributed by atoms with Crippen LogP contribution in [0, 0.1) is 0 Å². The van der Waals surface area contributed by atoms with Gasteiger partial charge in [0.15, 0.2) is 10.9 Å². The molecule has 3 aromatic heterocycles. The molecule has 0 aliphatic heterocycles. The minimum atomic E-state index is 0.333. The Hall–Kier alpha value is -2.61. The van der Waals surface area contributed by atoms with Crippen LogP contribution in [0.2, 0.25) is 0 Å². The van der Waals surface area contributed by atoms with E-state index in [2.05, 4.69) is 30.2 Å². The van der Waals surface area contributed by atoms with Crippen molar-refractivity contribution in [3.8, 4) is 16.6 Å². The van der Waals surface area contributed by atoms with Crippen LogP contribution in [0.4, 0.5) is 10.9 Å². The predicted molar refractivity (Wildman–Crippen MR) is 86.4 cm³/mol. The lowest BCUT2D eigenvalue weighted by Gasteiger charge is -2.00. The first-order chi connectivity index (χ1) is 10.8. The van der Waals surface area contributed by atoms with Crippen molar-refractivity contribution in [2.24, 2.45) is 0 Å². The molecule has 3 rings (SSSR count). The number of aromatic nitrogens is 5. The molecule has 3 heterocycles. The standard InChI is InChI=1S/C12H10N6OS.C2H6/c1-19-11-15-3-2-8(17-11)9-6-16-12(20-9)18-10-7-13-4-5-14-10;1-2/h2-7H,1H3,(H,14,16,18);1-2H3. The van der Waals surface area contributed by atoms with Crippen LogP contribution in [0.1, 0.15) is 13.8 Å². The van der Waals surface area contributed by atoms with E-state index < -0.39 is 0 Å². The lowest BCUT2D eigenvalue weighted by molar-refractivity contribution is 0.380. The summed E-state index contributed by atoms with van der Waals surface area (Å²) in [6.07, 6.45) is 8.26. The Morgan fingerprint density at radius 2 is 1.91 bits per heavy atom. The van der Waals surface area contributed by atoms with Gasteiger partial charge in [-0.25, -0.2) is 15.0 Å². The number of methoxy groups -OCH3 is 1. The second kappa shape index (κ2) is 7.99. The Morgan fingerprint density at radius 1 is 1.05 bits per heavy atom. The zero-order valence-electron chi connectivity index (χ0n) is 12.5. The van der Waals surface area contributed by atoms with Gasteiger partial charge in [0.2, 0.25) is 0 Å². The number of hydrogen-bond acceptors (Lipinski definition) is 8. The molecule has 7 nitrogen and oxygen atoms in total. The maximum Gasteiger partial charge on any atom is 0.316 e. The monoisotopic (exact) mass is 316 g/mol. The minimum Gasteiger partial charge on any atom is -0.467 e. The molecule has 3 aromatic rings. The highest BCUT2D eigenvalue weighted by Gasteiger charge is 2.08. The van der Waals surface area contributed by atoms with E-state index in [0.29, 0.717) is 11.8 Å². The van der Waals surface area contributed by atoms with Crippen molar-refractivity contribution in [1.82, 2.24) is 24.9 Å². The van der Waals surface area contributed by atoms with Gasteiger partial charge in [-0.15, -0.1) is 0 Å². The molecule has 0 bridgehead atoms. The van der Waals surface area contributed by atoms with Gasteiger partial charge in [-0.3, -0.25) is 4.98 Å². The molecular weight excluding hydrogens is 300 g/mol. The first kappa shape index (κ1) is 15.8. The molecule has 0 aromatic carbocycles. The van der Waals surface area contributed by atoms with Crippen molar-refractivity contribution >= 4 is 22.3 Å². The van der Waals surface area contributed by atoms with E-state index in [-0.39, 0.29) is 0 Å². The largest absolute Gasteiger partial charge is 0.467 e. The SMILES string of the molecule is CC.COc1nccc(-c2cnc(Nc3cnccn3)s2)n1. The second-order valence-corrected chi connectivity index (χ2v) is 4.70. The fourth-order valence-corrected chi connectivity index (χ4v) is 2.29. The highest BCUT2D eigenvalue weighted by atomic mass is 32.1. The van der Waals surface area contributed by atoms with Crippen LogP contribution < -0.4 is 10.1 Å². The van der Waals surface area contributed by atoms with E-state index in [4.69, 9.17) is 4.74 Å². The molecule has 0 amide bonds.